The van der Waals surface area contributed by atoms with Gasteiger partial charge in [0.1, 0.15) is 11.4 Å². The Morgan fingerprint density at radius 3 is 2.40 bits per heavy atom. The summed E-state index contributed by atoms with van der Waals surface area (Å²) in [6.45, 7) is 10.1. The molecule has 0 saturated carbocycles. The molecule has 1 rings (SSSR count). The molecular formula is C12H23N2O+. The fourth-order valence-corrected chi connectivity index (χ4v) is 1.70. The largest absolute Gasteiger partial charge is 0.342 e. The van der Waals surface area contributed by atoms with Crippen LogP contribution in [-0.2, 0) is 18.5 Å². The summed E-state index contributed by atoms with van der Waals surface area (Å²) in [6, 6.07) is 0. The van der Waals surface area contributed by atoms with E-state index in [0.717, 1.165) is 13.0 Å². The molecule has 1 aromatic rings. The molecule has 0 aromatic carbocycles. The van der Waals surface area contributed by atoms with Crippen molar-refractivity contribution in [3.8, 4) is 0 Å². The molecule has 0 bridgehead atoms. The number of nitrogens with zero attached hydrogens (tertiary/aromatic N) is 2. The van der Waals surface area contributed by atoms with Gasteiger partial charge in [-0.25, -0.2) is 9.13 Å². The Kier molecular flexibility index (Phi) is 4.33. The Bertz CT molecular complexity index is 303. The van der Waals surface area contributed by atoms with Crippen LogP contribution in [0.2, 0.25) is 0 Å². The number of aromatic nitrogens is 2. The van der Waals surface area contributed by atoms with E-state index in [1.54, 1.807) is 0 Å². The molecule has 1 heterocycles. The first kappa shape index (κ1) is 12.2. The van der Waals surface area contributed by atoms with Gasteiger partial charge < -0.3 is 4.74 Å². The topological polar surface area (TPSA) is 18.0 Å². The summed E-state index contributed by atoms with van der Waals surface area (Å²) in [5.74, 6) is 1.25. The lowest BCUT2D eigenvalue weighted by molar-refractivity contribution is -0.683. The highest BCUT2D eigenvalue weighted by atomic mass is 16.5. The van der Waals surface area contributed by atoms with Crippen molar-refractivity contribution >= 4 is 0 Å². The monoisotopic (exact) mass is 211 g/mol. The first-order valence-corrected chi connectivity index (χ1v) is 5.69. The van der Waals surface area contributed by atoms with Crippen LogP contribution in [-0.4, -0.2) is 11.2 Å². The first-order chi connectivity index (χ1) is 7.09. The predicted octanol–water partition coefficient (Wildman–Crippen LogP) is 2.01. The molecule has 0 amide bonds. The molecule has 0 N–H and O–H groups in total. The molecule has 0 spiro atoms. The second kappa shape index (κ2) is 5.31. The standard InChI is InChI=1S/C12H23N2O/c1-6-7-8-15-9-14-11(3)10(2)13(5)12(14)4/h6-9H2,1-5H3/q+1. The Morgan fingerprint density at radius 1 is 1.27 bits per heavy atom. The minimum absolute atomic E-state index is 0.680. The van der Waals surface area contributed by atoms with Crippen LogP contribution in [0.4, 0.5) is 0 Å². The van der Waals surface area contributed by atoms with Crippen molar-refractivity contribution in [1.29, 1.82) is 0 Å². The number of hydrogen-bond donors (Lipinski definition) is 0. The molecule has 0 fully saturated rings. The Morgan fingerprint density at radius 2 is 1.93 bits per heavy atom. The van der Waals surface area contributed by atoms with Crippen molar-refractivity contribution in [3.63, 3.8) is 0 Å². The van der Waals surface area contributed by atoms with Crippen LogP contribution >= 0.6 is 0 Å². The van der Waals surface area contributed by atoms with Crippen LogP contribution in [0.15, 0.2) is 0 Å². The smallest absolute Gasteiger partial charge is 0.255 e. The van der Waals surface area contributed by atoms with Crippen LogP contribution in [0.25, 0.3) is 0 Å². The Balaban J connectivity index is 2.65. The molecule has 86 valence electrons. The predicted molar refractivity (Wildman–Crippen MR) is 60.7 cm³/mol. The number of hydrogen-bond acceptors (Lipinski definition) is 1. The molecular weight excluding hydrogens is 188 g/mol. The van der Waals surface area contributed by atoms with Crippen molar-refractivity contribution in [2.45, 2.75) is 47.3 Å². The van der Waals surface area contributed by atoms with Crippen LogP contribution in [0.1, 0.15) is 37.0 Å². The van der Waals surface area contributed by atoms with Gasteiger partial charge in [0, 0.05) is 20.8 Å². The maximum absolute atomic E-state index is 5.64. The lowest BCUT2D eigenvalue weighted by Gasteiger charge is -2.02. The van der Waals surface area contributed by atoms with E-state index >= 15 is 0 Å². The summed E-state index contributed by atoms with van der Waals surface area (Å²) in [5.41, 5.74) is 2.61. The molecule has 0 unspecified atom stereocenters. The van der Waals surface area contributed by atoms with Crippen molar-refractivity contribution in [1.82, 2.24) is 4.57 Å². The van der Waals surface area contributed by atoms with Crippen LogP contribution < -0.4 is 4.57 Å². The fourth-order valence-electron chi connectivity index (χ4n) is 1.70. The highest BCUT2D eigenvalue weighted by molar-refractivity contribution is 5.05. The molecule has 0 aliphatic carbocycles. The van der Waals surface area contributed by atoms with Gasteiger partial charge in [0.2, 0.25) is 0 Å². The molecule has 0 saturated heterocycles. The zero-order valence-corrected chi connectivity index (χ0v) is 10.6. The van der Waals surface area contributed by atoms with E-state index in [4.69, 9.17) is 4.74 Å². The summed E-state index contributed by atoms with van der Waals surface area (Å²) < 4.78 is 10.1. The summed E-state index contributed by atoms with van der Waals surface area (Å²) in [7, 11) is 2.10. The maximum Gasteiger partial charge on any atom is 0.255 e. The van der Waals surface area contributed by atoms with Crippen molar-refractivity contribution in [2.75, 3.05) is 6.61 Å². The second-order valence-corrected chi connectivity index (χ2v) is 4.10. The number of unbranched alkanes of at least 4 members (excludes halogenated alkanes) is 1. The molecule has 15 heavy (non-hydrogen) atoms. The molecule has 0 aliphatic heterocycles. The molecule has 0 radical (unpaired) electrons. The van der Waals surface area contributed by atoms with Crippen LogP contribution in [0, 0.1) is 20.8 Å². The number of ether oxygens (including phenoxy) is 1. The Labute approximate surface area is 92.7 Å². The van der Waals surface area contributed by atoms with E-state index in [2.05, 4.69) is 43.9 Å². The normalized spacial score (nSPS) is 11.0. The quantitative estimate of drug-likeness (QED) is 0.538. The van der Waals surface area contributed by atoms with E-state index in [1.165, 1.54) is 23.6 Å². The van der Waals surface area contributed by atoms with E-state index in [0.29, 0.717) is 6.73 Å². The van der Waals surface area contributed by atoms with Gasteiger partial charge >= 0.3 is 0 Å². The first-order valence-electron chi connectivity index (χ1n) is 5.69. The SMILES string of the molecule is CCCCOCn1c(C)c(C)[n+](C)c1C. The highest BCUT2D eigenvalue weighted by Gasteiger charge is 2.18. The average molecular weight is 211 g/mol. The average Bonchev–Trinajstić information content (AvgIpc) is 2.41. The van der Waals surface area contributed by atoms with Gasteiger partial charge in [-0.15, -0.1) is 0 Å². The van der Waals surface area contributed by atoms with Gasteiger partial charge in [-0.1, -0.05) is 13.3 Å². The van der Waals surface area contributed by atoms with Crippen molar-refractivity contribution in [2.24, 2.45) is 7.05 Å². The fraction of sp³-hybridized carbons (Fsp3) is 0.750. The molecule has 3 nitrogen and oxygen atoms in total. The van der Waals surface area contributed by atoms with Gasteiger partial charge in [-0.2, -0.15) is 0 Å². The van der Waals surface area contributed by atoms with Gasteiger partial charge in [0.05, 0.1) is 13.7 Å². The van der Waals surface area contributed by atoms with Gasteiger partial charge in [-0.3, -0.25) is 0 Å². The van der Waals surface area contributed by atoms with Crippen molar-refractivity contribution < 1.29 is 9.30 Å². The lowest BCUT2D eigenvalue weighted by Crippen LogP contribution is -2.33. The third-order valence-electron chi connectivity index (χ3n) is 3.17. The summed E-state index contributed by atoms with van der Waals surface area (Å²) >= 11 is 0. The maximum atomic E-state index is 5.64. The van der Waals surface area contributed by atoms with E-state index in [-0.39, 0.29) is 0 Å². The van der Waals surface area contributed by atoms with Crippen LogP contribution in [0.5, 0.6) is 0 Å². The van der Waals surface area contributed by atoms with E-state index in [9.17, 15) is 0 Å². The summed E-state index contributed by atoms with van der Waals surface area (Å²) in [6.07, 6.45) is 2.33. The third kappa shape index (κ3) is 2.59. The minimum atomic E-state index is 0.680. The second-order valence-electron chi connectivity index (χ2n) is 4.10. The summed E-state index contributed by atoms with van der Waals surface area (Å²) in [4.78, 5) is 0. The van der Waals surface area contributed by atoms with Crippen LogP contribution in [0.3, 0.4) is 0 Å². The molecule has 0 atom stereocenters. The summed E-state index contributed by atoms with van der Waals surface area (Å²) in [5, 5.41) is 0. The minimum Gasteiger partial charge on any atom is -0.342 e. The number of imidazole rings is 1. The van der Waals surface area contributed by atoms with Gasteiger partial charge in [0.15, 0.2) is 6.73 Å². The lowest BCUT2D eigenvalue weighted by atomic mass is 10.4. The van der Waals surface area contributed by atoms with Gasteiger partial charge in [-0.05, 0) is 6.42 Å². The van der Waals surface area contributed by atoms with E-state index < -0.39 is 0 Å². The zero-order valence-electron chi connectivity index (χ0n) is 10.6. The molecule has 0 aliphatic rings. The number of rotatable bonds is 5. The zero-order chi connectivity index (χ0) is 11.4. The van der Waals surface area contributed by atoms with Crippen molar-refractivity contribution in [3.05, 3.63) is 17.2 Å². The third-order valence-corrected chi connectivity index (χ3v) is 3.17. The molecule has 3 heteroatoms. The van der Waals surface area contributed by atoms with E-state index in [1.807, 2.05) is 0 Å². The van der Waals surface area contributed by atoms with Gasteiger partial charge in [0.25, 0.3) is 5.82 Å². The highest BCUT2D eigenvalue weighted by Crippen LogP contribution is 2.07. The molecule has 1 aromatic heterocycles. The Hall–Kier alpha value is -0.830.